The molecule has 1 aliphatic rings. The molecule has 3 rings (SSSR count). The van der Waals surface area contributed by atoms with Crippen molar-refractivity contribution >= 4 is 5.82 Å². The molecule has 5 nitrogen and oxygen atoms in total. The minimum Gasteiger partial charge on any atom is -0.354 e. The zero-order valence-corrected chi connectivity index (χ0v) is 12.8. The molecule has 124 valence electrons. The molecule has 0 saturated carbocycles. The largest absolute Gasteiger partial charge is 0.354 e. The van der Waals surface area contributed by atoms with Gasteiger partial charge in [-0.05, 0) is 12.1 Å². The standard InChI is InChI=1S/C15H18F3N5/c1-21-9-11(14(20-21)15(17)18)10-22-5-7-23(8-6-22)13-4-2-3-12(16)19-13/h2-4,9,15H,5-8,10H2,1H3. The number of anilines is 1. The topological polar surface area (TPSA) is 37.2 Å². The van der Waals surface area contributed by atoms with Gasteiger partial charge in [0.15, 0.2) is 0 Å². The van der Waals surface area contributed by atoms with Crippen LogP contribution in [0.3, 0.4) is 0 Å². The molecule has 8 heteroatoms. The van der Waals surface area contributed by atoms with Crippen LogP contribution in [-0.4, -0.2) is 45.8 Å². The Labute approximate surface area is 132 Å². The lowest BCUT2D eigenvalue weighted by Crippen LogP contribution is -2.46. The summed E-state index contributed by atoms with van der Waals surface area (Å²) in [6, 6.07) is 4.72. The highest BCUT2D eigenvalue weighted by atomic mass is 19.3. The molecule has 0 spiro atoms. The first-order valence-electron chi connectivity index (χ1n) is 7.43. The van der Waals surface area contributed by atoms with E-state index in [2.05, 4.69) is 15.0 Å². The van der Waals surface area contributed by atoms with Gasteiger partial charge in [0.2, 0.25) is 5.95 Å². The summed E-state index contributed by atoms with van der Waals surface area (Å²) < 4.78 is 40.5. The van der Waals surface area contributed by atoms with Gasteiger partial charge >= 0.3 is 0 Å². The highest BCUT2D eigenvalue weighted by Crippen LogP contribution is 2.23. The van der Waals surface area contributed by atoms with Crippen LogP contribution in [0, 0.1) is 5.95 Å². The molecule has 1 saturated heterocycles. The van der Waals surface area contributed by atoms with Crippen LogP contribution in [0.4, 0.5) is 19.0 Å². The molecule has 0 atom stereocenters. The third-order valence-electron chi connectivity index (χ3n) is 3.93. The van der Waals surface area contributed by atoms with Gasteiger partial charge in [-0.3, -0.25) is 9.58 Å². The van der Waals surface area contributed by atoms with Crippen molar-refractivity contribution in [2.75, 3.05) is 31.1 Å². The first-order valence-corrected chi connectivity index (χ1v) is 7.43. The Morgan fingerprint density at radius 2 is 1.91 bits per heavy atom. The second-order valence-corrected chi connectivity index (χ2v) is 5.60. The Bertz CT molecular complexity index is 665. The molecule has 23 heavy (non-hydrogen) atoms. The SMILES string of the molecule is Cn1cc(CN2CCN(c3cccc(F)n3)CC2)c(C(F)F)n1. The van der Waals surface area contributed by atoms with E-state index in [4.69, 9.17) is 0 Å². The van der Waals surface area contributed by atoms with Crippen molar-refractivity contribution in [1.29, 1.82) is 0 Å². The monoisotopic (exact) mass is 325 g/mol. The molecule has 1 fully saturated rings. The van der Waals surface area contributed by atoms with E-state index in [1.165, 1.54) is 10.7 Å². The van der Waals surface area contributed by atoms with Gasteiger partial charge in [-0.15, -0.1) is 0 Å². The summed E-state index contributed by atoms with van der Waals surface area (Å²) in [7, 11) is 1.64. The van der Waals surface area contributed by atoms with Crippen molar-refractivity contribution in [3.05, 3.63) is 41.6 Å². The summed E-state index contributed by atoms with van der Waals surface area (Å²) in [6.45, 7) is 3.21. The zero-order valence-electron chi connectivity index (χ0n) is 12.8. The number of halogens is 3. The second-order valence-electron chi connectivity index (χ2n) is 5.60. The van der Waals surface area contributed by atoms with Crippen LogP contribution in [0.15, 0.2) is 24.4 Å². The van der Waals surface area contributed by atoms with Crippen LogP contribution in [0.1, 0.15) is 17.7 Å². The summed E-state index contributed by atoms with van der Waals surface area (Å²) in [5.74, 6) is 0.112. The summed E-state index contributed by atoms with van der Waals surface area (Å²) in [5.41, 5.74) is 0.404. The quantitative estimate of drug-likeness (QED) is 0.808. The minimum atomic E-state index is -2.57. The number of hydrogen-bond acceptors (Lipinski definition) is 4. The number of hydrogen-bond donors (Lipinski definition) is 0. The molecule has 2 aromatic rings. The van der Waals surface area contributed by atoms with Crippen LogP contribution in [0.25, 0.3) is 0 Å². The number of alkyl halides is 2. The maximum atomic E-state index is 13.2. The lowest BCUT2D eigenvalue weighted by atomic mass is 10.2. The van der Waals surface area contributed by atoms with Gasteiger partial charge < -0.3 is 4.90 Å². The maximum Gasteiger partial charge on any atom is 0.282 e. The molecule has 0 N–H and O–H groups in total. The number of piperazine rings is 1. The lowest BCUT2D eigenvalue weighted by Gasteiger charge is -2.35. The van der Waals surface area contributed by atoms with Gasteiger partial charge in [-0.1, -0.05) is 6.07 Å². The molecule has 0 radical (unpaired) electrons. The van der Waals surface area contributed by atoms with Crippen LogP contribution >= 0.6 is 0 Å². The van der Waals surface area contributed by atoms with E-state index in [1.807, 2.05) is 4.90 Å². The van der Waals surface area contributed by atoms with Crippen molar-refractivity contribution in [2.24, 2.45) is 7.05 Å². The summed E-state index contributed by atoms with van der Waals surface area (Å²) in [4.78, 5) is 7.97. The van der Waals surface area contributed by atoms with E-state index in [9.17, 15) is 13.2 Å². The molecule has 3 heterocycles. The third-order valence-corrected chi connectivity index (χ3v) is 3.93. The van der Waals surface area contributed by atoms with Crippen molar-refractivity contribution in [2.45, 2.75) is 13.0 Å². The van der Waals surface area contributed by atoms with Crippen molar-refractivity contribution in [3.8, 4) is 0 Å². The van der Waals surface area contributed by atoms with Crippen LogP contribution in [0.2, 0.25) is 0 Å². The average Bonchev–Trinajstić information content (AvgIpc) is 2.89. The minimum absolute atomic E-state index is 0.151. The van der Waals surface area contributed by atoms with Crippen LogP contribution in [0.5, 0.6) is 0 Å². The van der Waals surface area contributed by atoms with E-state index in [-0.39, 0.29) is 5.69 Å². The number of nitrogens with zero attached hydrogens (tertiary/aromatic N) is 5. The fourth-order valence-corrected chi connectivity index (χ4v) is 2.81. The Morgan fingerprint density at radius 1 is 1.17 bits per heavy atom. The molecule has 0 amide bonds. The molecule has 0 bridgehead atoms. The Hall–Kier alpha value is -2.09. The Balaban J connectivity index is 1.61. The predicted octanol–water partition coefficient (Wildman–Crippen LogP) is 2.21. The number of pyridine rings is 1. The van der Waals surface area contributed by atoms with Crippen LogP contribution < -0.4 is 4.90 Å². The summed E-state index contributed by atoms with van der Waals surface area (Å²) >= 11 is 0. The summed E-state index contributed by atoms with van der Waals surface area (Å²) in [5, 5.41) is 3.83. The molecule has 0 unspecified atom stereocenters. The van der Waals surface area contributed by atoms with Crippen LogP contribution in [-0.2, 0) is 13.6 Å². The highest BCUT2D eigenvalue weighted by Gasteiger charge is 2.22. The third kappa shape index (κ3) is 3.64. The van der Waals surface area contributed by atoms with E-state index >= 15 is 0 Å². The lowest BCUT2D eigenvalue weighted by molar-refractivity contribution is 0.142. The van der Waals surface area contributed by atoms with Gasteiger partial charge in [-0.2, -0.15) is 9.49 Å². The molecule has 0 aromatic carbocycles. The molecule has 0 aliphatic carbocycles. The normalized spacial score (nSPS) is 16.3. The predicted molar refractivity (Wildman–Crippen MR) is 79.9 cm³/mol. The Morgan fingerprint density at radius 3 is 2.57 bits per heavy atom. The number of aryl methyl sites for hydroxylation is 1. The zero-order chi connectivity index (χ0) is 16.4. The van der Waals surface area contributed by atoms with Crippen molar-refractivity contribution in [1.82, 2.24) is 19.7 Å². The van der Waals surface area contributed by atoms with Gasteiger partial charge in [0.05, 0.1) is 0 Å². The van der Waals surface area contributed by atoms with Gasteiger partial charge in [0.1, 0.15) is 11.5 Å². The molecular weight excluding hydrogens is 307 g/mol. The van der Waals surface area contributed by atoms with Gasteiger partial charge in [0.25, 0.3) is 6.43 Å². The first-order chi connectivity index (χ1) is 11.0. The molecule has 1 aliphatic heterocycles. The van der Waals surface area contributed by atoms with E-state index in [1.54, 1.807) is 25.4 Å². The number of rotatable bonds is 4. The first kappa shape index (κ1) is 15.8. The van der Waals surface area contributed by atoms with E-state index in [0.717, 1.165) is 0 Å². The summed E-state index contributed by atoms with van der Waals surface area (Å²) in [6.07, 6.45) is -0.925. The van der Waals surface area contributed by atoms with Crippen molar-refractivity contribution < 1.29 is 13.2 Å². The number of aromatic nitrogens is 3. The highest BCUT2D eigenvalue weighted by molar-refractivity contribution is 5.38. The van der Waals surface area contributed by atoms with E-state index < -0.39 is 12.4 Å². The van der Waals surface area contributed by atoms with Crippen molar-refractivity contribution in [3.63, 3.8) is 0 Å². The van der Waals surface area contributed by atoms with Gasteiger partial charge in [-0.25, -0.2) is 13.8 Å². The average molecular weight is 325 g/mol. The maximum absolute atomic E-state index is 13.2. The fraction of sp³-hybridized carbons (Fsp3) is 0.467. The van der Waals surface area contributed by atoms with E-state index in [0.29, 0.717) is 44.1 Å². The smallest absolute Gasteiger partial charge is 0.282 e. The Kier molecular flexibility index (Phi) is 4.51. The fourth-order valence-electron chi connectivity index (χ4n) is 2.81. The second kappa shape index (κ2) is 6.57. The van der Waals surface area contributed by atoms with Gasteiger partial charge in [0, 0.05) is 51.5 Å². The molecular formula is C15H18F3N5. The molecule has 2 aromatic heterocycles.